The zero-order valence-corrected chi connectivity index (χ0v) is 18.9. The molecule has 3 aromatic heterocycles. The highest BCUT2D eigenvalue weighted by molar-refractivity contribution is 7.99. The lowest BCUT2D eigenvalue weighted by Gasteiger charge is -2.03. The molecule has 4 aromatic rings. The van der Waals surface area contributed by atoms with Crippen molar-refractivity contribution in [3.63, 3.8) is 0 Å². The Morgan fingerprint density at radius 1 is 1.27 bits per heavy atom. The van der Waals surface area contributed by atoms with Gasteiger partial charge in [-0.3, -0.25) is 9.59 Å². The number of hydrogen-bond acceptors (Lipinski definition) is 7. The highest BCUT2D eigenvalue weighted by Crippen LogP contribution is 2.34. The van der Waals surface area contributed by atoms with Gasteiger partial charge in [-0.2, -0.15) is 0 Å². The van der Waals surface area contributed by atoms with Crippen LogP contribution in [0, 0.1) is 0 Å². The van der Waals surface area contributed by atoms with Gasteiger partial charge in [0.15, 0.2) is 5.13 Å². The first kappa shape index (κ1) is 19.7. The second-order valence-electron chi connectivity index (χ2n) is 7.27. The van der Waals surface area contributed by atoms with E-state index in [4.69, 9.17) is 0 Å². The van der Waals surface area contributed by atoms with Crippen LogP contribution in [0.5, 0.6) is 0 Å². The summed E-state index contributed by atoms with van der Waals surface area (Å²) in [5.41, 5.74) is 3.29. The molecule has 0 aliphatic heterocycles. The highest BCUT2D eigenvalue weighted by atomic mass is 32.2. The number of aromatic amines is 1. The molecule has 0 spiro atoms. The van der Waals surface area contributed by atoms with Gasteiger partial charge in [-0.1, -0.05) is 24.3 Å². The van der Waals surface area contributed by atoms with Crippen LogP contribution in [0.15, 0.2) is 23.0 Å². The number of carbonyl (C=O) groups is 1. The molecule has 30 heavy (non-hydrogen) atoms. The minimum absolute atomic E-state index is 0.0552. The normalized spacial score (nSPS) is 13.2. The third-order valence-corrected chi connectivity index (χ3v) is 8.27. The number of aromatic nitrogens is 3. The summed E-state index contributed by atoms with van der Waals surface area (Å²) in [6.07, 6.45) is 4.12. The predicted octanol–water partition coefficient (Wildman–Crippen LogP) is 4.52. The predicted molar refractivity (Wildman–Crippen MR) is 126 cm³/mol. The van der Waals surface area contributed by atoms with E-state index in [1.165, 1.54) is 39.1 Å². The lowest BCUT2D eigenvalue weighted by molar-refractivity contribution is -0.113. The molecule has 1 aromatic carbocycles. The van der Waals surface area contributed by atoms with Crippen LogP contribution in [0.25, 0.3) is 20.4 Å². The molecular weight excluding hydrogens is 436 g/mol. The molecular formula is C21H20N4O2S3. The summed E-state index contributed by atoms with van der Waals surface area (Å²) in [5.74, 6) is 1.28. The third-order valence-electron chi connectivity index (χ3n) is 5.20. The average Bonchev–Trinajstić information content (AvgIpc) is 3.40. The number of benzene rings is 1. The number of H-pyrrole nitrogens is 1. The molecule has 0 atom stereocenters. The second-order valence-corrected chi connectivity index (χ2v) is 10.4. The first-order valence-electron chi connectivity index (χ1n) is 9.91. The van der Waals surface area contributed by atoms with Crippen molar-refractivity contribution in [1.82, 2.24) is 15.0 Å². The van der Waals surface area contributed by atoms with Crippen LogP contribution in [0.4, 0.5) is 5.13 Å². The Labute approximate surface area is 185 Å². The summed E-state index contributed by atoms with van der Waals surface area (Å²) < 4.78 is 1.08. The topological polar surface area (TPSA) is 87.7 Å². The Bertz CT molecular complexity index is 1320. The molecule has 1 amide bonds. The number of thiophene rings is 1. The molecule has 2 N–H and O–H groups in total. The summed E-state index contributed by atoms with van der Waals surface area (Å²) >= 11 is 4.55. The fraction of sp³-hybridized carbons (Fsp3) is 0.333. The number of fused-ring (bicyclic) bond motifs is 4. The summed E-state index contributed by atoms with van der Waals surface area (Å²) in [5, 5.41) is 4.26. The van der Waals surface area contributed by atoms with E-state index >= 15 is 0 Å². The van der Waals surface area contributed by atoms with Gasteiger partial charge in [0.2, 0.25) is 5.91 Å². The molecule has 0 saturated carbocycles. The number of amides is 1. The minimum Gasteiger partial charge on any atom is -0.309 e. The molecule has 0 fully saturated rings. The van der Waals surface area contributed by atoms with E-state index in [0.29, 0.717) is 16.7 Å². The Kier molecular flexibility index (Phi) is 5.34. The Morgan fingerprint density at radius 3 is 3.03 bits per heavy atom. The van der Waals surface area contributed by atoms with Crippen molar-refractivity contribution in [2.75, 3.05) is 11.1 Å². The quantitative estimate of drug-likeness (QED) is 0.445. The van der Waals surface area contributed by atoms with Gasteiger partial charge in [-0.05, 0) is 48.9 Å². The standard InChI is InChI=1S/C21H20N4O2S3/c1-2-11-6-7-13-15(8-11)30-21(22-13)25-17(26)10-28-9-16-23-19(27)18-12-4-3-5-14(12)29-20(18)24-16/h6-8H,2-5,9-10H2,1H3,(H,22,25,26)(H,23,24,27). The van der Waals surface area contributed by atoms with Gasteiger partial charge in [0.1, 0.15) is 10.7 Å². The van der Waals surface area contributed by atoms with Gasteiger partial charge < -0.3 is 10.3 Å². The third kappa shape index (κ3) is 3.77. The zero-order valence-electron chi connectivity index (χ0n) is 16.4. The van der Waals surface area contributed by atoms with E-state index in [2.05, 4.69) is 39.3 Å². The van der Waals surface area contributed by atoms with Gasteiger partial charge in [0, 0.05) is 4.88 Å². The molecule has 1 aliphatic carbocycles. The number of carbonyl (C=O) groups excluding carboxylic acids is 1. The lowest BCUT2D eigenvalue weighted by Crippen LogP contribution is -2.15. The Balaban J connectivity index is 1.21. The van der Waals surface area contributed by atoms with Crippen LogP contribution in [-0.4, -0.2) is 26.6 Å². The van der Waals surface area contributed by atoms with Gasteiger partial charge >= 0.3 is 0 Å². The van der Waals surface area contributed by atoms with Crippen molar-refractivity contribution >= 4 is 65.9 Å². The van der Waals surface area contributed by atoms with Crippen LogP contribution in [0.1, 0.15) is 35.2 Å². The van der Waals surface area contributed by atoms with Crippen LogP contribution >= 0.6 is 34.4 Å². The van der Waals surface area contributed by atoms with Gasteiger partial charge in [-0.25, -0.2) is 9.97 Å². The maximum Gasteiger partial charge on any atom is 0.259 e. The number of thioether (sulfide) groups is 1. The summed E-state index contributed by atoms with van der Waals surface area (Å²) in [6.45, 7) is 2.12. The van der Waals surface area contributed by atoms with Crippen LogP contribution < -0.4 is 10.9 Å². The molecule has 0 radical (unpaired) electrons. The molecule has 6 nitrogen and oxygen atoms in total. The fourth-order valence-electron chi connectivity index (χ4n) is 3.75. The Morgan fingerprint density at radius 2 is 2.17 bits per heavy atom. The number of anilines is 1. The number of thiazole rings is 1. The monoisotopic (exact) mass is 456 g/mol. The maximum atomic E-state index is 12.5. The smallest absolute Gasteiger partial charge is 0.259 e. The minimum atomic E-state index is -0.103. The molecule has 0 saturated heterocycles. The highest BCUT2D eigenvalue weighted by Gasteiger charge is 2.21. The summed E-state index contributed by atoms with van der Waals surface area (Å²) in [6, 6.07) is 6.18. The van der Waals surface area contributed by atoms with Crippen molar-refractivity contribution < 1.29 is 4.79 Å². The van der Waals surface area contributed by atoms with E-state index in [9.17, 15) is 9.59 Å². The molecule has 0 unspecified atom stereocenters. The lowest BCUT2D eigenvalue weighted by atomic mass is 10.2. The van der Waals surface area contributed by atoms with Gasteiger partial charge in [0.25, 0.3) is 5.56 Å². The average molecular weight is 457 g/mol. The Hall–Kier alpha value is -2.23. The summed E-state index contributed by atoms with van der Waals surface area (Å²) in [7, 11) is 0. The van der Waals surface area contributed by atoms with Crippen LogP contribution in [-0.2, 0) is 29.8 Å². The number of hydrogen-bond donors (Lipinski definition) is 2. The van der Waals surface area contributed by atoms with Gasteiger partial charge in [-0.15, -0.1) is 23.1 Å². The molecule has 0 bridgehead atoms. The maximum absolute atomic E-state index is 12.5. The molecule has 9 heteroatoms. The van der Waals surface area contributed by atoms with E-state index in [-0.39, 0.29) is 17.2 Å². The molecule has 1 aliphatic rings. The summed E-state index contributed by atoms with van der Waals surface area (Å²) in [4.78, 5) is 39.0. The fourth-order valence-corrected chi connectivity index (χ4v) is 6.67. The number of nitrogens with one attached hydrogen (secondary N) is 2. The van der Waals surface area contributed by atoms with E-state index in [1.54, 1.807) is 11.3 Å². The van der Waals surface area contributed by atoms with Gasteiger partial charge in [0.05, 0.1) is 27.1 Å². The van der Waals surface area contributed by atoms with Crippen molar-refractivity contribution in [2.24, 2.45) is 0 Å². The van der Waals surface area contributed by atoms with Crippen molar-refractivity contribution in [2.45, 2.75) is 38.4 Å². The van der Waals surface area contributed by atoms with Crippen LogP contribution in [0.3, 0.4) is 0 Å². The molecule has 3 heterocycles. The SMILES string of the molecule is CCc1ccc2nc(NC(=O)CSCc3nc4sc5c(c4c(=O)[nH]3)CCC5)sc2c1. The van der Waals surface area contributed by atoms with E-state index < -0.39 is 0 Å². The first-order chi connectivity index (χ1) is 14.6. The number of aryl methyl sites for hydroxylation is 3. The zero-order chi connectivity index (χ0) is 20.7. The van der Waals surface area contributed by atoms with Crippen molar-refractivity contribution in [3.05, 3.63) is 50.4 Å². The number of rotatable bonds is 6. The van der Waals surface area contributed by atoms with E-state index in [1.807, 2.05) is 6.07 Å². The van der Waals surface area contributed by atoms with Crippen LogP contribution in [0.2, 0.25) is 0 Å². The second kappa shape index (κ2) is 8.13. The van der Waals surface area contributed by atoms with E-state index in [0.717, 1.165) is 46.1 Å². The molecule has 5 rings (SSSR count). The van der Waals surface area contributed by atoms with Crippen molar-refractivity contribution in [3.8, 4) is 0 Å². The number of nitrogens with zero attached hydrogens (tertiary/aromatic N) is 2. The molecule has 154 valence electrons. The first-order valence-corrected chi connectivity index (χ1v) is 12.7. The van der Waals surface area contributed by atoms with Crippen molar-refractivity contribution in [1.29, 1.82) is 0 Å². The largest absolute Gasteiger partial charge is 0.309 e.